The van der Waals surface area contributed by atoms with Crippen LogP contribution in [0.3, 0.4) is 0 Å². The molecule has 3 amide bonds. The van der Waals surface area contributed by atoms with E-state index >= 15 is 0 Å². The summed E-state index contributed by atoms with van der Waals surface area (Å²) in [4.78, 5) is 55.7. The average Bonchev–Trinajstić information content (AvgIpc) is 3.46. The molecule has 4 aromatic rings. The fourth-order valence-electron chi connectivity index (χ4n) is 3.82. The number of thioether (sulfide) groups is 1. The third kappa shape index (κ3) is 9.92. The second-order valence-electron chi connectivity index (χ2n) is 9.37. The number of thiazole rings is 1. The molecule has 3 N–H and O–H groups in total. The highest BCUT2D eigenvalue weighted by Crippen LogP contribution is 2.28. The lowest BCUT2D eigenvalue weighted by Crippen LogP contribution is -2.30. The number of nitrogens with one attached hydrogen (secondary N) is 3. The van der Waals surface area contributed by atoms with Crippen molar-refractivity contribution >= 4 is 86.9 Å². The van der Waals surface area contributed by atoms with Gasteiger partial charge in [-0.3, -0.25) is 19.2 Å². The highest BCUT2D eigenvalue weighted by atomic mass is 35.5. The first-order valence-electron chi connectivity index (χ1n) is 13.6. The Morgan fingerprint density at radius 2 is 1.71 bits per heavy atom. The second kappa shape index (κ2) is 16.2. The van der Waals surface area contributed by atoms with E-state index in [-0.39, 0.29) is 29.0 Å². The second-order valence-corrected chi connectivity index (χ2v) is 12.4. The van der Waals surface area contributed by atoms with Crippen molar-refractivity contribution in [1.82, 2.24) is 10.3 Å². The largest absolute Gasteiger partial charge is 0.466 e. The standard InChI is InChI=1S/C32H28Cl2N4O5S2/c1-3-43-27(39)17-23-18-44-32(36-23)38-29(40)19(2)45-24-14-12-22(13-15-24)35-31(42)26(16-21-10-7-11-25(33)28(21)34)37-30(41)20-8-5-4-6-9-20/h4-16,18-19H,3,17H2,1-2H3,(H,35,42)(H,37,41)(H,36,38,40)/b26-16-. The van der Waals surface area contributed by atoms with E-state index in [4.69, 9.17) is 27.9 Å². The SMILES string of the molecule is CCOC(=O)Cc1csc(NC(=O)C(C)Sc2ccc(NC(=O)/C(=C/c3cccc(Cl)c3Cl)NC(=O)c3ccccc3)cc2)n1. The zero-order valence-corrected chi connectivity index (χ0v) is 27.3. The minimum atomic E-state index is -0.575. The zero-order valence-electron chi connectivity index (χ0n) is 24.1. The molecule has 3 aromatic carbocycles. The van der Waals surface area contributed by atoms with Crippen molar-refractivity contribution in [3.8, 4) is 0 Å². The lowest BCUT2D eigenvalue weighted by atomic mass is 10.1. The number of aromatic nitrogens is 1. The van der Waals surface area contributed by atoms with Gasteiger partial charge < -0.3 is 20.7 Å². The van der Waals surface area contributed by atoms with E-state index in [1.807, 2.05) is 0 Å². The predicted molar refractivity (Wildman–Crippen MR) is 180 cm³/mol. The molecule has 0 radical (unpaired) electrons. The first-order chi connectivity index (χ1) is 21.6. The number of anilines is 2. The molecule has 4 rings (SSSR count). The third-order valence-corrected chi connectivity index (χ3v) is 8.77. The van der Waals surface area contributed by atoms with Crippen LogP contribution in [-0.2, 0) is 25.5 Å². The van der Waals surface area contributed by atoms with E-state index < -0.39 is 17.1 Å². The molecule has 0 saturated heterocycles. The summed E-state index contributed by atoms with van der Waals surface area (Å²) in [5.41, 5.74) is 1.79. The maximum absolute atomic E-state index is 13.3. The molecule has 9 nitrogen and oxygen atoms in total. The van der Waals surface area contributed by atoms with E-state index in [9.17, 15) is 19.2 Å². The molecule has 0 aliphatic rings. The number of halogens is 2. The lowest BCUT2D eigenvalue weighted by Gasteiger charge is -2.13. The van der Waals surface area contributed by atoms with E-state index in [2.05, 4.69) is 20.9 Å². The number of rotatable bonds is 12. The molecule has 0 aliphatic heterocycles. The van der Waals surface area contributed by atoms with Gasteiger partial charge in [0.05, 0.1) is 34.0 Å². The normalized spacial score (nSPS) is 11.8. The quantitative estimate of drug-likeness (QED) is 0.0828. The summed E-state index contributed by atoms with van der Waals surface area (Å²) in [5, 5.41) is 10.4. The minimum Gasteiger partial charge on any atom is -0.466 e. The first-order valence-corrected chi connectivity index (χ1v) is 16.2. The Balaban J connectivity index is 1.40. The van der Waals surface area contributed by atoms with Gasteiger partial charge in [0.15, 0.2) is 5.13 Å². The van der Waals surface area contributed by atoms with Crippen LogP contribution in [0.5, 0.6) is 0 Å². The average molecular weight is 684 g/mol. The Morgan fingerprint density at radius 1 is 0.978 bits per heavy atom. The number of ether oxygens (including phenoxy) is 1. The van der Waals surface area contributed by atoms with Crippen molar-refractivity contribution in [2.45, 2.75) is 30.4 Å². The zero-order chi connectivity index (χ0) is 32.3. The Kier molecular flexibility index (Phi) is 12.2. The number of carbonyl (C=O) groups is 4. The van der Waals surface area contributed by atoms with E-state index in [1.165, 1.54) is 29.2 Å². The minimum absolute atomic E-state index is 0.0376. The summed E-state index contributed by atoms with van der Waals surface area (Å²) in [7, 11) is 0. The van der Waals surface area contributed by atoms with Crippen LogP contribution in [0.4, 0.5) is 10.8 Å². The van der Waals surface area contributed by atoms with Crippen LogP contribution in [0.15, 0.2) is 88.8 Å². The highest BCUT2D eigenvalue weighted by molar-refractivity contribution is 8.00. The van der Waals surface area contributed by atoms with Gasteiger partial charge in [0.25, 0.3) is 11.8 Å². The molecule has 1 heterocycles. The molecule has 1 aromatic heterocycles. The topological polar surface area (TPSA) is 126 Å². The van der Waals surface area contributed by atoms with Gasteiger partial charge in [-0.2, -0.15) is 0 Å². The van der Waals surface area contributed by atoms with Crippen LogP contribution in [0.1, 0.15) is 35.5 Å². The van der Waals surface area contributed by atoms with Gasteiger partial charge in [-0.1, -0.05) is 53.5 Å². The number of carbonyl (C=O) groups excluding carboxylic acids is 4. The van der Waals surface area contributed by atoms with Gasteiger partial charge in [0, 0.05) is 21.5 Å². The molecule has 0 saturated carbocycles. The van der Waals surface area contributed by atoms with E-state index in [0.29, 0.717) is 39.3 Å². The molecule has 232 valence electrons. The summed E-state index contributed by atoms with van der Waals surface area (Å²) in [6.45, 7) is 3.78. The van der Waals surface area contributed by atoms with Crippen LogP contribution in [-0.4, -0.2) is 40.5 Å². The Labute approximate surface area is 278 Å². The van der Waals surface area contributed by atoms with Crippen LogP contribution in [0.2, 0.25) is 10.0 Å². The summed E-state index contributed by atoms with van der Waals surface area (Å²) >= 11 is 15.0. The molecular formula is C32H28Cl2N4O5S2. The Bertz CT molecular complexity index is 1710. The predicted octanol–water partition coefficient (Wildman–Crippen LogP) is 7.08. The third-order valence-electron chi connectivity index (χ3n) is 6.02. The molecule has 0 aliphatic carbocycles. The smallest absolute Gasteiger partial charge is 0.311 e. The van der Waals surface area contributed by atoms with Crippen LogP contribution < -0.4 is 16.0 Å². The maximum Gasteiger partial charge on any atom is 0.311 e. The number of esters is 1. The number of amides is 3. The van der Waals surface area contributed by atoms with Crippen molar-refractivity contribution in [1.29, 1.82) is 0 Å². The van der Waals surface area contributed by atoms with Crippen LogP contribution in [0.25, 0.3) is 6.08 Å². The molecule has 0 fully saturated rings. The van der Waals surface area contributed by atoms with Gasteiger partial charge in [-0.25, -0.2) is 4.98 Å². The van der Waals surface area contributed by atoms with Crippen molar-refractivity contribution in [2.24, 2.45) is 0 Å². The van der Waals surface area contributed by atoms with Crippen molar-refractivity contribution < 1.29 is 23.9 Å². The van der Waals surface area contributed by atoms with E-state index in [0.717, 1.165) is 4.90 Å². The molecule has 0 spiro atoms. The van der Waals surface area contributed by atoms with E-state index in [1.54, 1.807) is 92.0 Å². The maximum atomic E-state index is 13.3. The van der Waals surface area contributed by atoms with Crippen LogP contribution >= 0.6 is 46.3 Å². The van der Waals surface area contributed by atoms with Crippen molar-refractivity contribution in [2.75, 3.05) is 17.2 Å². The van der Waals surface area contributed by atoms with Gasteiger partial charge in [-0.15, -0.1) is 23.1 Å². The summed E-state index contributed by atoms with van der Waals surface area (Å²) in [6, 6.07) is 20.4. The molecule has 13 heteroatoms. The van der Waals surface area contributed by atoms with Gasteiger partial charge >= 0.3 is 5.97 Å². The fraction of sp³-hybridized carbons (Fsp3) is 0.156. The van der Waals surface area contributed by atoms with Gasteiger partial charge in [0.2, 0.25) is 5.91 Å². The van der Waals surface area contributed by atoms with Gasteiger partial charge in [-0.05, 0) is 68.0 Å². The first kappa shape index (κ1) is 33.7. The van der Waals surface area contributed by atoms with Crippen LogP contribution in [0, 0.1) is 0 Å². The molecule has 0 bridgehead atoms. The van der Waals surface area contributed by atoms with Gasteiger partial charge in [0.1, 0.15) is 5.70 Å². The molecule has 45 heavy (non-hydrogen) atoms. The number of hydrogen-bond donors (Lipinski definition) is 3. The number of nitrogens with zero attached hydrogens (tertiary/aromatic N) is 1. The molecular weight excluding hydrogens is 655 g/mol. The highest BCUT2D eigenvalue weighted by Gasteiger charge is 2.19. The molecule has 1 atom stereocenters. The summed E-state index contributed by atoms with van der Waals surface area (Å²) in [5.74, 6) is -1.67. The Morgan fingerprint density at radius 3 is 2.42 bits per heavy atom. The lowest BCUT2D eigenvalue weighted by molar-refractivity contribution is -0.142. The summed E-state index contributed by atoms with van der Waals surface area (Å²) in [6.07, 6.45) is 1.50. The number of benzene rings is 3. The monoisotopic (exact) mass is 682 g/mol. The number of hydrogen-bond acceptors (Lipinski definition) is 8. The van der Waals surface area contributed by atoms with Crippen molar-refractivity contribution in [3.05, 3.63) is 111 Å². The molecule has 1 unspecified atom stereocenters. The summed E-state index contributed by atoms with van der Waals surface area (Å²) < 4.78 is 4.93. The fourth-order valence-corrected chi connectivity index (χ4v) is 5.76. The van der Waals surface area contributed by atoms with Crippen molar-refractivity contribution in [3.63, 3.8) is 0 Å². The Hall–Kier alpha value is -4.16.